The minimum atomic E-state index is -1.34. The van der Waals surface area contributed by atoms with Crippen molar-refractivity contribution < 1.29 is 18.7 Å². The van der Waals surface area contributed by atoms with Gasteiger partial charge in [-0.3, -0.25) is 9.59 Å². The summed E-state index contributed by atoms with van der Waals surface area (Å²) in [6.07, 6.45) is 0. The molecule has 2 aromatic carbocycles. The standard InChI is InChI=1S/C18H19FN2O3/c1-18(2,17(23)21-14-6-4-5-12(19)11-14)16(22)20-13-7-9-15(24-3)10-8-13/h4-11H,1-3H3,(H,20,22)(H,21,23). The Hall–Kier alpha value is -2.89. The zero-order valence-electron chi connectivity index (χ0n) is 13.7. The summed E-state index contributed by atoms with van der Waals surface area (Å²) < 4.78 is 18.2. The van der Waals surface area contributed by atoms with E-state index in [1.54, 1.807) is 37.4 Å². The van der Waals surface area contributed by atoms with E-state index in [1.165, 1.54) is 32.0 Å². The molecule has 0 saturated heterocycles. The number of methoxy groups -OCH3 is 1. The van der Waals surface area contributed by atoms with Gasteiger partial charge in [-0.25, -0.2) is 4.39 Å². The molecule has 2 amide bonds. The van der Waals surface area contributed by atoms with Crippen molar-refractivity contribution in [1.29, 1.82) is 0 Å². The maximum absolute atomic E-state index is 13.2. The van der Waals surface area contributed by atoms with Gasteiger partial charge in [0.1, 0.15) is 17.0 Å². The van der Waals surface area contributed by atoms with Crippen LogP contribution in [0.2, 0.25) is 0 Å². The van der Waals surface area contributed by atoms with E-state index in [4.69, 9.17) is 4.74 Å². The van der Waals surface area contributed by atoms with Crippen LogP contribution in [-0.2, 0) is 9.59 Å². The second kappa shape index (κ2) is 7.12. The zero-order chi connectivity index (χ0) is 17.7. The van der Waals surface area contributed by atoms with Gasteiger partial charge < -0.3 is 15.4 Å². The molecule has 0 fully saturated rings. The molecule has 2 rings (SSSR count). The number of carbonyl (C=O) groups is 2. The number of ether oxygens (including phenoxy) is 1. The smallest absolute Gasteiger partial charge is 0.239 e. The molecule has 2 N–H and O–H groups in total. The lowest BCUT2D eigenvalue weighted by atomic mass is 9.90. The molecule has 6 heteroatoms. The minimum absolute atomic E-state index is 0.297. The van der Waals surface area contributed by atoms with Crippen LogP contribution in [0.15, 0.2) is 48.5 Å². The van der Waals surface area contributed by atoms with Crippen molar-refractivity contribution in [2.45, 2.75) is 13.8 Å². The second-order valence-corrected chi connectivity index (χ2v) is 5.77. The van der Waals surface area contributed by atoms with E-state index in [9.17, 15) is 14.0 Å². The van der Waals surface area contributed by atoms with Crippen LogP contribution in [0.5, 0.6) is 5.75 Å². The molecule has 2 aromatic rings. The summed E-state index contributed by atoms with van der Waals surface area (Å²) >= 11 is 0. The molecular formula is C18H19FN2O3. The zero-order valence-corrected chi connectivity index (χ0v) is 13.7. The normalized spacial score (nSPS) is 10.8. The summed E-state index contributed by atoms with van der Waals surface area (Å²) in [6.45, 7) is 3.00. The van der Waals surface area contributed by atoms with E-state index in [0.717, 1.165) is 0 Å². The van der Waals surface area contributed by atoms with Crippen molar-refractivity contribution >= 4 is 23.2 Å². The maximum atomic E-state index is 13.2. The van der Waals surface area contributed by atoms with Crippen molar-refractivity contribution in [3.63, 3.8) is 0 Å². The van der Waals surface area contributed by atoms with E-state index < -0.39 is 23.0 Å². The van der Waals surface area contributed by atoms with Crippen LogP contribution in [0.1, 0.15) is 13.8 Å². The Morgan fingerprint density at radius 3 is 2.08 bits per heavy atom. The predicted octanol–water partition coefficient (Wildman–Crippen LogP) is 3.44. The van der Waals surface area contributed by atoms with Crippen LogP contribution in [0.4, 0.5) is 15.8 Å². The van der Waals surface area contributed by atoms with Gasteiger partial charge in [0.15, 0.2) is 0 Å². The quantitative estimate of drug-likeness (QED) is 0.825. The Labute approximate surface area is 139 Å². The Morgan fingerprint density at radius 1 is 0.958 bits per heavy atom. The van der Waals surface area contributed by atoms with Crippen molar-refractivity contribution in [3.05, 3.63) is 54.3 Å². The highest BCUT2D eigenvalue weighted by molar-refractivity contribution is 6.13. The lowest BCUT2D eigenvalue weighted by Gasteiger charge is -2.22. The third-order valence-corrected chi connectivity index (χ3v) is 3.57. The summed E-state index contributed by atoms with van der Waals surface area (Å²) in [6, 6.07) is 12.3. The van der Waals surface area contributed by atoms with Gasteiger partial charge in [-0.2, -0.15) is 0 Å². The molecule has 0 aliphatic heterocycles. The fraction of sp³-hybridized carbons (Fsp3) is 0.222. The molecule has 126 valence electrons. The van der Waals surface area contributed by atoms with Crippen LogP contribution >= 0.6 is 0 Å². The van der Waals surface area contributed by atoms with E-state index in [1.807, 2.05) is 0 Å². The summed E-state index contributed by atoms with van der Waals surface area (Å²) in [5.74, 6) is -0.801. The molecule has 0 heterocycles. The topological polar surface area (TPSA) is 67.4 Å². The largest absolute Gasteiger partial charge is 0.497 e. The molecule has 0 spiro atoms. The predicted molar refractivity (Wildman–Crippen MR) is 90.4 cm³/mol. The Morgan fingerprint density at radius 2 is 1.54 bits per heavy atom. The Kier molecular flexibility index (Phi) is 5.18. The van der Waals surface area contributed by atoms with Gasteiger partial charge >= 0.3 is 0 Å². The van der Waals surface area contributed by atoms with Crippen LogP contribution in [0.3, 0.4) is 0 Å². The first kappa shape index (κ1) is 17.5. The lowest BCUT2D eigenvalue weighted by molar-refractivity contribution is -0.135. The van der Waals surface area contributed by atoms with Crippen LogP contribution in [0, 0.1) is 11.2 Å². The van der Waals surface area contributed by atoms with Gasteiger partial charge in [0.05, 0.1) is 7.11 Å². The number of carbonyl (C=O) groups excluding carboxylic acids is 2. The van der Waals surface area contributed by atoms with E-state index in [2.05, 4.69) is 10.6 Å². The van der Waals surface area contributed by atoms with Gasteiger partial charge in [-0.1, -0.05) is 6.07 Å². The molecule has 5 nitrogen and oxygen atoms in total. The fourth-order valence-corrected chi connectivity index (χ4v) is 1.92. The van der Waals surface area contributed by atoms with Crippen LogP contribution < -0.4 is 15.4 Å². The number of nitrogens with one attached hydrogen (secondary N) is 2. The first-order valence-electron chi connectivity index (χ1n) is 7.35. The molecular weight excluding hydrogens is 311 g/mol. The molecule has 0 aliphatic rings. The monoisotopic (exact) mass is 330 g/mol. The van der Waals surface area contributed by atoms with Gasteiger partial charge in [-0.05, 0) is 56.3 Å². The van der Waals surface area contributed by atoms with Gasteiger partial charge in [0.25, 0.3) is 0 Å². The number of hydrogen-bond acceptors (Lipinski definition) is 3. The van der Waals surface area contributed by atoms with Crippen molar-refractivity contribution in [2.24, 2.45) is 5.41 Å². The van der Waals surface area contributed by atoms with Crippen LogP contribution in [-0.4, -0.2) is 18.9 Å². The number of benzene rings is 2. The van der Waals surface area contributed by atoms with Gasteiger partial charge in [-0.15, -0.1) is 0 Å². The van der Waals surface area contributed by atoms with Crippen LogP contribution in [0.25, 0.3) is 0 Å². The molecule has 0 radical (unpaired) electrons. The van der Waals surface area contributed by atoms with Gasteiger partial charge in [0, 0.05) is 11.4 Å². The first-order valence-corrected chi connectivity index (χ1v) is 7.35. The average molecular weight is 330 g/mol. The summed E-state index contributed by atoms with van der Waals surface area (Å²) in [5, 5.41) is 5.23. The average Bonchev–Trinajstić information content (AvgIpc) is 2.55. The highest BCUT2D eigenvalue weighted by atomic mass is 19.1. The van der Waals surface area contributed by atoms with Crippen molar-refractivity contribution in [1.82, 2.24) is 0 Å². The minimum Gasteiger partial charge on any atom is -0.497 e. The molecule has 0 bridgehead atoms. The highest BCUT2D eigenvalue weighted by Crippen LogP contribution is 2.23. The third-order valence-electron chi connectivity index (χ3n) is 3.57. The van der Waals surface area contributed by atoms with Gasteiger partial charge in [0.2, 0.25) is 11.8 Å². The highest BCUT2D eigenvalue weighted by Gasteiger charge is 2.36. The Balaban J connectivity index is 2.06. The molecule has 0 atom stereocenters. The first-order chi connectivity index (χ1) is 11.3. The van der Waals surface area contributed by atoms with E-state index >= 15 is 0 Å². The molecule has 0 unspecified atom stereocenters. The summed E-state index contributed by atoms with van der Waals surface area (Å²) in [5.41, 5.74) is -0.496. The number of hydrogen-bond donors (Lipinski definition) is 2. The summed E-state index contributed by atoms with van der Waals surface area (Å²) in [7, 11) is 1.55. The Bertz CT molecular complexity index is 742. The number of amides is 2. The number of anilines is 2. The summed E-state index contributed by atoms with van der Waals surface area (Å²) in [4.78, 5) is 24.8. The van der Waals surface area contributed by atoms with E-state index in [-0.39, 0.29) is 0 Å². The molecule has 24 heavy (non-hydrogen) atoms. The SMILES string of the molecule is COc1ccc(NC(=O)C(C)(C)C(=O)Nc2cccc(F)c2)cc1. The number of rotatable bonds is 5. The third kappa shape index (κ3) is 4.10. The van der Waals surface area contributed by atoms with Crippen molar-refractivity contribution in [3.8, 4) is 5.75 Å². The molecule has 0 aliphatic carbocycles. The number of halogens is 1. The lowest BCUT2D eigenvalue weighted by Crippen LogP contribution is -2.41. The molecule has 0 saturated carbocycles. The maximum Gasteiger partial charge on any atom is 0.239 e. The van der Waals surface area contributed by atoms with E-state index in [0.29, 0.717) is 17.1 Å². The fourth-order valence-electron chi connectivity index (χ4n) is 1.92. The molecule has 0 aromatic heterocycles. The second-order valence-electron chi connectivity index (χ2n) is 5.77. The van der Waals surface area contributed by atoms with Crippen molar-refractivity contribution in [2.75, 3.05) is 17.7 Å².